The number of aromatic nitrogens is 2. The molecule has 0 aliphatic heterocycles. The molecule has 0 bridgehead atoms. The Kier molecular flexibility index (Phi) is 4.62. The van der Waals surface area contributed by atoms with Crippen molar-refractivity contribution in [3.63, 3.8) is 0 Å². The van der Waals surface area contributed by atoms with Gasteiger partial charge in [-0.3, -0.25) is 9.20 Å². The van der Waals surface area contributed by atoms with Gasteiger partial charge in [0.05, 0.1) is 5.56 Å². The van der Waals surface area contributed by atoms with E-state index in [-0.39, 0.29) is 11.6 Å². The summed E-state index contributed by atoms with van der Waals surface area (Å²) in [5.41, 5.74) is 3.29. The van der Waals surface area contributed by atoms with Crippen molar-refractivity contribution in [1.82, 2.24) is 14.7 Å². The number of hydrogen-bond acceptors (Lipinski definition) is 4. The first-order chi connectivity index (χ1) is 11.5. The van der Waals surface area contributed by atoms with Crippen LogP contribution in [0.3, 0.4) is 0 Å². The van der Waals surface area contributed by atoms with E-state index >= 15 is 0 Å². The molecule has 0 spiro atoms. The van der Waals surface area contributed by atoms with E-state index in [0.29, 0.717) is 23.6 Å². The van der Waals surface area contributed by atoms with Gasteiger partial charge >= 0.3 is 0 Å². The van der Waals surface area contributed by atoms with Crippen LogP contribution in [0.25, 0.3) is 5.65 Å². The lowest BCUT2D eigenvalue weighted by Gasteiger charge is -2.14. The van der Waals surface area contributed by atoms with Gasteiger partial charge in [0.25, 0.3) is 5.56 Å². The van der Waals surface area contributed by atoms with Crippen LogP contribution in [0.2, 0.25) is 0 Å². The maximum atomic E-state index is 12.9. The monoisotopic (exact) mass is 322 g/mol. The first kappa shape index (κ1) is 16.2. The summed E-state index contributed by atoms with van der Waals surface area (Å²) in [6, 6.07) is 13.9. The number of anilines is 2. The lowest BCUT2D eigenvalue weighted by molar-refractivity contribution is 0.585. The third-order valence-corrected chi connectivity index (χ3v) is 3.80. The predicted molar refractivity (Wildman–Crippen MR) is 97.9 cm³/mol. The minimum absolute atomic E-state index is 0.0519. The molecule has 0 unspecified atom stereocenters. The average molecular weight is 322 g/mol. The van der Waals surface area contributed by atoms with Crippen LogP contribution in [-0.2, 0) is 6.54 Å². The summed E-state index contributed by atoms with van der Waals surface area (Å²) in [5, 5.41) is 6.62. The second-order valence-corrected chi connectivity index (χ2v) is 6.20. The fraction of sp³-hybridized carbons (Fsp3) is 0.263. The molecule has 0 saturated carbocycles. The molecule has 0 aliphatic carbocycles. The molecule has 2 aromatic heterocycles. The van der Waals surface area contributed by atoms with Crippen LogP contribution < -0.4 is 16.2 Å². The molecule has 0 fully saturated rings. The van der Waals surface area contributed by atoms with Crippen LogP contribution >= 0.6 is 0 Å². The summed E-state index contributed by atoms with van der Waals surface area (Å²) < 4.78 is 1.58. The third kappa shape index (κ3) is 3.46. The van der Waals surface area contributed by atoms with Gasteiger partial charge in [0, 0.05) is 24.5 Å². The van der Waals surface area contributed by atoms with Gasteiger partial charge in [-0.05, 0) is 36.8 Å². The first-order valence-electron chi connectivity index (χ1n) is 8.12. The summed E-state index contributed by atoms with van der Waals surface area (Å²) in [5.74, 6) is 0.602. The topological polar surface area (TPSA) is 58.4 Å². The van der Waals surface area contributed by atoms with Crippen molar-refractivity contribution in [1.29, 1.82) is 0 Å². The summed E-state index contributed by atoms with van der Waals surface area (Å²) in [6.45, 7) is 6.62. The van der Waals surface area contributed by atoms with Crippen molar-refractivity contribution in [3.05, 3.63) is 70.1 Å². The lowest BCUT2D eigenvalue weighted by atomic mass is 10.2. The van der Waals surface area contributed by atoms with E-state index in [2.05, 4.69) is 29.5 Å². The SMILES string of the molecule is Cc1cccc(Nc2nc3ccccn3c(=O)c2CNC(C)C)c1. The Morgan fingerprint density at radius 3 is 2.75 bits per heavy atom. The van der Waals surface area contributed by atoms with Gasteiger partial charge in [0.2, 0.25) is 0 Å². The van der Waals surface area contributed by atoms with E-state index in [0.717, 1.165) is 11.3 Å². The van der Waals surface area contributed by atoms with Crippen molar-refractivity contribution in [2.45, 2.75) is 33.4 Å². The van der Waals surface area contributed by atoms with Crippen molar-refractivity contribution >= 4 is 17.2 Å². The smallest absolute Gasteiger partial charge is 0.264 e. The molecule has 0 atom stereocenters. The van der Waals surface area contributed by atoms with Gasteiger partial charge < -0.3 is 10.6 Å². The highest BCUT2D eigenvalue weighted by Gasteiger charge is 2.13. The molecule has 0 radical (unpaired) electrons. The zero-order valence-electron chi connectivity index (χ0n) is 14.2. The Balaban J connectivity index is 2.09. The van der Waals surface area contributed by atoms with Gasteiger partial charge in [0.1, 0.15) is 11.5 Å². The minimum Gasteiger partial charge on any atom is -0.340 e. The fourth-order valence-electron chi connectivity index (χ4n) is 2.55. The highest BCUT2D eigenvalue weighted by atomic mass is 16.1. The van der Waals surface area contributed by atoms with Crippen molar-refractivity contribution < 1.29 is 0 Å². The standard InChI is InChI=1S/C19H22N4O/c1-13(2)20-12-16-18(21-15-8-6-7-14(3)11-15)22-17-9-4-5-10-23(17)19(16)24/h4-11,13,20-21H,12H2,1-3H3. The van der Waals surface area contributed by atoms with Gasteiger partial charge in [0.15, 0.2) is 0 Å². The second-order valence-electron chi connectivity index (χ2n) is 6.20. The molecule has 0 saturated heterocycles. The van der Waals surface area contributed by atoms with Crippen molar-refractivity contribution in [2.24, 2.45) is 0 Å². The Labute approximate surface area is 141 Å². The molecule has 5 nitrogen and oxygen atoms in total. The van der Waals surface area contributed by atoms with E-state index in [9.17, 15) is 4.79 Å². The normalized spacial score (nSPS) is 11.2. The van der Waals surface area contributed by atoms with E-state index < -0.39 is 0 Å². The predicted octanol–water partition coefficient (Wildman–Crippen LogP) is 3.24. The molecule has 0 amide bonds. The Morgan fingerprint density at radius 1 is 1.17 bits per heavy atom. The van der Waals surface area contributed by atoms with E-state index in [1.54, 1.807) is 10.6 Å². The maximum absolute atomic E-state index is 12.9. The lowest BCUT2D eigenvalue weighted by Crippen LogP contribution is -2.29. The summed E-state index contributed by atoms with van der Waals surface area (Å²) in [6.07, 6.45) is 1.75. The first-order valence-corrected chi connectivity index (χ1v) is 8.12. The van der Waals surface area contributed by atoms with E-state index in [1.165, 1.54) is 0 Å². The Morgan fingerprint density at radius 2 is 2.00 bits per heavy atom. The van der Waals surface area contributed by atoms with E-state index in [4.69, 9.17) is 0 Å². The zero-order chi connectivity index (χ0) is 17.1. The summed E-state index contributed by atoms with van der Waals surface area (Å²) in [7, 11) is 0. The van der Waals surface area contributed by atoms with Gasteiger partial charge in [-0.2, -0.15) is 0 Å². The molecule has 0 aliphatic rings. The average Bonchev–Trinajstić information content (AvgIpc) is 2.54. The zero-order valence-corrected chi connectivity index (χ0v) is 14.2. The number of nitrogens with one attached hydrogen (secondary N) is 2. The largest absolute Gasteiger partial charge is 0.340 e. The number of pyridine rings is 1. The summed E-state index contributed by atoms with van der Waals surface area (Å²) in [4.78, 5) is 17.5. The number of hydrogen-bond donors (Lipinski definition) is 2. The Bertz CT molecular complexity index is 915. The molecule has 24 heavy (non-hydrogen) atoms. The number of rotatable bonds is 5. The highest BCUT2D eigenvalue weighted by molar-refractivity contribution is 5.62. The second kappa shape index (κ2) is 6.84. The molecule has 5 heteroatoms. The number of fused-ring (bicyclic) bond motifs is 1. The third-order valence-electron chi connectivity index (χ3n) is 3.80. The van der Waals surface area contributed by atoms with Crippen LogP contribution in [0.4, 0.5) is 11.5 Å². The van der Waals surface area contributed by atoms with Crippen LogP contribution in [-0.4, -0.2) is 15.4 Å². The molecule has 3 aromatic rings. The highest BCUT2D eigenvalue weighted by Crippen LogP contribution is 2.18. The number of aryl methyl sites for hydroxylation is 1. The van der Waals surface area contributed by atoms with E-state index in [1.807, 2.05) is 49.4 Å². The van der Waals surface area contributed by atoms with Gasteiger partial charge in [-0.25, -0.2) is 4.98 Å². The van der Waals surface area contributed by atoms with Crippen LogP contribution in [0.5, 0.6) is 0 Å². The maximum Gasteiger partial charge on any atom is 0.264 e. The minimum atomic E-state index is -0.0519. The van der Waals surface area contributed by atoms with Crippen LogP contribution in [0.15, 0.2) is 53.5 Å². The van der Waals surface area contributed by atoms with Crippen LogP contribution in [0, 0.1) is 6.92 Å². The molecular weight excluding hydrogens is 300 g/mol. The van der Waals surface area contributed by atoms with Crippen molar-refractivity contribution in [2.75, 3.05) is 5.32 Å². The van der Waals surface area contributed by atoms with Gasteiger partial charge in [-0.1, -0.05) is 32.0 Å². The summed E-state index contributed by atoms with van der Waals surface area (Å²) >= 11 is 0. The van der Waals surface area contributed by atoms with Crippen molar-refractivity contribution in [3.8, 4) is 0 Å². The fourth-order valence-corrected chi connectivity index (χ4v) is 2.55. The molecule has 124 valence electrons. The number of nitrogens with zero attached hydrogens (tertiary/aromatic N) is 2. The molecule has 2 N–H and O–H groups in total. The van der Waals surface area contributed by atoms with Crippen LogP contribution in [0.1, 0.15) is 25.0 Å². The quantitative estimate of drug-likeness (QED) is 0.757. The molecule has 1 aromatic carbocycles. The molecule has 2 heterocycles. The van der Waals surface area contributed by atoms with Gasteiger partial charge in [-0.15, -0.1) is 0 Å². The Hall–Kier alpha value is -2.66. The molecular formula is C19H22N4O. The molecule has 3 rings (SSSR count). The number of benzene rings is 1.